The molecule has 0 aliphatic heterocycles. The summed E-state index contributed by atoms with van der Waals surface area (Å²) in [7, 11) is 0. The highest BCUT2D eigenvalue weighted by molar-refractivity contribution is 6.31. The van der Waals surface area contributed by atoms with Crippen LogP contribution in [-0.2, 0) is 5.41 Å². The molecule has 0 radical (unpaired) electrons. The van der Waals surface area contributed by atoms with Gasteiger partial charge in [0.25, 0.3) is 0 Å². The van der Waals surface area contributed by atoms with Gasteiger partial charge < -0.3 is 0 Å². The zero-order valence-corrected chi connectivity index (χ0v) is 11.4. The van der Waals surface area contributed by atoms with Crippen molar-refractivity contribution in [1.82, 2.24) is 4.98 Å². The number of benzene rings is 1. The Kier molecular flexibility index (Phi) is 3.40. The molecule has 0 unspecified atom stereocenters. The van der Waals surface area contributed by atoms with E-state index in [0.29, 0.717) is 0 Å². The number of aromatic nitrogens is 1. The summed E-state index contributed by atoms with van der Waals surface area (Å²) in [6.07, 6.45) is 1.80. The highest BCUT2D eigenvalue weighted by Gasteiger charge is 2.15. The monoisotopic (exact) mass is 263 g/mol. The van der Waals surface area contributed by atoms with Crippen molar-refractivity contribution in [3.05, 3.63) is 53.1 Å². The standard InChI is InChI=1S/C15H15ClFN/c1-15(2,3)14-7-5-11(9-18-14)10-4-6-13(17)12(16)8-10/h4-9H,1-3H3. The highest BCUT2D eigenvalue weighted by atomic mass is 35.5. The van der Waals surface area contributed by atoms with E-state index in [9.17, 15) is 4.39 Å². The summed E-state index contributed by atoms with van der Waals surface area (Å²) in [4.78, 5) is 4.44. The average molecular weight is 264 g/mol. The van der Waals surface area contributed by atoms with E-state index in [2.05, 4.69) is 25.8 Å². The molecule has 1 aromatic heterocycles. The predicted octanol–water partition coefficient (Wildman–Crippen LogP) is 4.84. The number of hydrogen-bond donors (Lipinski definition) is 0. The van der Waals surface area contributed by atoms with Crippen LogP contribution in [0, 0.1) is 5.82 Å². The van der Waals surface area contributed by atoms with Gasteiger partial charge in [-0.3, -0.25) is 4.98 Å². The van der Waals surface area contributed by atoms with Gasteiger partial charge in [-0.15, -0.1) is 0 Å². The van der Waals surface area contributed by atoms with Crippen molar-refractivity contribution < 1.29 is 4.39 Å². The molecule has 0 aliphatic rings. The van der Waals surface area contributed by atoms with Crippen LogP contribution in [0.5, 0.6) is 0 Å². The van der Waals surface area contributed by atoms with Crippen LogP contribution in [0.3, 0.4) is 0 Å². The Morgan fingerprint density at radius 3 is 2.22 bits per heavy atom. The van der Waals surface area contributed by atoms with Crippen molar-refractivity contribution >= 4 is 11.6 Å². The molecule has 94 valence electrons. The van der Waals surface area contributed by atoms with Gasteiger partial charge in [0, 0.05) is 22.9 Å². The molecular formula is C15H15ClFN. The van der Waals surface area contributed by atoms with Gasteiger partial charge in [-0.2, -0.15) is 0 Å². The Hall–Kier alpha value is -1.41. The van der Waals surface area contributed by atoms with Gasteiger partial charge in [-0.05, 0) is 23.8 Å². The van der Waals surface area contributed by atoms with Crippen LogP contribution in [0.15, 0.2) is 36.5 Å². The lowest BCUT2D eigenvalue weighted by atomic mass is 9.91. The molecule has 0 fully saturated rings. The third kappa shape index (κ3) is 2.70. The first-order valence-corrected chi connectivity index (χ1v) is 6.18. The Morgan fingerprint density at radius 2 is 1.72 bits per heavy atom. The van der Waals surface area contributed by atoms with Gasteiger partial charge >= 0.3 is 0 Å². The molecule has 1 heterocycles. The number of halogens is 2. The molecule has 0 spiro atoms. The fraction of sp³-hybridized carbons (Fsp3) is 0.267. The van der Waals surface area contributed by atoms with Gasteiger partial charge in [0.15, 0.2) is 0 Å². The van der Waals surface area contributed by atoms with Crippen LogP contribution in [-0.4, -0.2) is 4.98 Å². The van der Waals surface area contributed by atoms with E-state index in [1.165, 1.54) is 6.07 Å². The molecule has 0 saturated carbocycles. The lowest BCUT2D eigenvalue weighted by molar-refractivity contribution is 0.569. The molecule has 0 atom stereocenters. The van der Waals surface area contributed by atoms with Crippen molar-refractivity contribution in [2.75, 3.05) is 0 Å². The zero-order chi connectivity index (χ0) is 13.3. The lowest BCUT2D eigenvalue weighted by Gasteiger charge is -2.17. The minimum Gasteiger partial charge on any atom is -0.260 e. The molecule has 1 aromatic carbocycles. The normalized spacial score (nSPS) is 11.6. The van der Waals surface area contributed by atoms with Crippen molar-refractivity contribution in [2.45, 2.75) is 26.2 Å². The molecule has 0 saturated heterocycles. The molecular weight excluding hydrogens is 249 g/mol. The number of pyridine rings is 1. The summed E-state index contributed by atoms with van der Waals surface area (Å²) in [6, 6.07) is 8.67. The summed E-state index contributed by atoms with van der Waals surface area (Å²) in [5, 5.41) is 0.132. The van der Waals surface area contributed by atoms with Crippen molar-refractivity contribution in [3.63, 3.8) is 0 Å². The van der Waals surface area contributed by atoms with Gasteiger partial charge in [-0.1, -0.05) is 44.5 Å². The lowest BCUT2D eigenvalue weighted by Crippen LogP contribution is -2.12. The molecule has 0 aliphatic carbocycles. The SMILES string of the molecule is CC(C)(C)c1ccc(-c2ccc(F)c(Cl)c2)cn1. The van der Waals surface area contributed by atoms with E-state index in [1.54, 1.807) is 18.3 Å². The Bertz CT molecular complexity index is 556. The second-order valence-electron chi connectivity index (χ2n) is 5.31. The van der Waals surface area contributed by atoms with Crippen LogP contribution in [0.1, 0.15) is 26.5 Å². The van der Waals surface area contributed by atoms with Crippen LogP contribution in [0.25, 0.3) is 11.1 Å². The summed E-state index contributed by atoms with van der Waals surface area (Å²) < 4.78 is 13.1. The van der Waals surface area contributed by atoms with Gasteiger partial charge in [-0.25, -0.2) is 4.39 Å². The smallest absolute Gasteiger partial charge is 0.141 e. The van der Waals surface area contributed by atoms with Crippen LogP contribution >= 0.6 is 11.6 Å². The maximum absolute atomic E-state index is 13.1. The fourth-order valence-electron chi connectivity index (χ4n) is 1.68. The highest BCUT2D eigenvalue weighted by Crippen LogP contribution is 2.26. The van der Waals surface area contributed by atoms with E-state index in [-0.39, 0.29) is 10.4 Å². The first-order valence-electron chi connectivity index (χ1n) is 5.80. The minimum absolute atomic E-state index is 0.0268. The summed E-state index contributed by atoms with van der Waals surface area (Å²) in [5.41, 5.74) is 2.86. The topological polar surface area (TPSA) is 12.9 Å². The maximum Gasteiger partial charge on any atom is 0.141 e. The van der Waals surface area contributed by atoms with Gasteiger partial charge in [0.05, 0.1) is 5.02 Å². The van der Waals surface area contributed by atoms with Crippen molar-refractivity contribution in [2.24, 2.45) is 0 Å². The minimum atomic E-state index is -0.403. The van der Waals surface area contributed by atoms with Gasteiger partial charge in [0.1, 0.15) is 5.82 Å². The number of nitrogens with zero attached hydrogens (tertiary/aromatic N) is 1. The molecule has 2 rings (SSSR count). The van der Waals surface area contributed by atoms with Crippen LogP contribution < -0.4 is 0 Å². The zero-order valence-electron chi connectivity index (χ0n) is 10.7. The summed E-state index contributed by atoms with van der Waals surface area (Å²) in [6.45, 7) is 6.34. The summed E-state index contributed by atoms with van der Waals surface area (Å²) in [5.74, 6) is -0.403. The number of hydrogen-bond acceptors (Lipinski definition) is 1. The van der Waals surface area contributed by atoms with Crippen molar-refractivity contribution in [3.8, 4) is 11.1 Å². The predicted molar refractivity (Wildman–Crippen MR) is 73.3 cm³/mol. The Labute approximate surface area is 112 Å². The first kappa shape index (κ1) is 13.0. The average Bonchev–Trinajstić information content (AvgIpc) is 2.32. The molecule has 18 heavy (non-hydrogen) atoms. The van der Waals surface area contributed by atoms with Crippen molar-refractivity contribution in [1.29, 1.82) is 0 Å². The summed E-state index contributed by atoms with van der Waals surface area (Å²) >= 11 is 5.77. The second-order valence-corrected chi connectivity index (χ2v) is 5.72. The quantitative estimate of drug-likeness (QED) is 0.717. The Balaban J connectivity index is 2.37. The molecule has 0 amide bonds. The second kappa shape index (κ2) is 4.69. The third-order valence-electron chi connectivity index (χ3n) is 2.78. The molecule has 0 N–H and O–H groups in total. The molecule has 2 aromatic rings. The fourth-order valence-corrected chi connectivity index (χ4v) is 1.86. The van der Waals surface area contributed by atoms with Crippen LogP contribution in [0.4, 0.5) is 4.39 Å². The van der Waals surface area contributed by atoms with Crippen LogP contribution in [0.2, 0.25) is 5.02 Å². The molecule has 1 nitrogen and oxygen atoms in total. The largest absolute Gasteiger partial charge is 0.260 e. The molecule has 3 heteroatoms. The Morgan fingerprint density at radius 1 is 1.06 bits per heavy atom. The number of rotatable bonds is 1. The van der Waals surface area contributed by atoms with E-state index in [0.717, 1.165) is 16.8 Å². The van der Waals surface area contributed by atoms with E-state index >= 15 is 0 Å². The molecule has 0 bridgehead atoms. The van der Waals surface area contributed by atoms with Gasteiger partial charge in [0.2, 0.25) is 0 Å². The van der Waals surface area contributed by atoms with E-state index < -0.39 is 5.82 Å². The van der Waals surface area contributed by atoms with E-state index in [1.807, 2.05) is 12.1 Å². The maximum atomic E-state index is 13.1. The third-order valence-corrected chi connectivity index (χ3v) is 3.07. The van der Waals surface area contributed by atoms with E-state index in [4.69, 9.17) is 11.6 Å². The first-order chi connectivity index (χ1) is 8.38.